The Morgan fingerprint density at radius 1 is 1.14 bits per heavy atom. The summed E-state index contributed by atoms with van der Waals surface area (Å²) in [5.74, 6) is -0.214. The molecule has 2 aromatic carbocycles. The molecule has 0 aliphatic carbocycles. The van der Waals surface area contributed by atoms with Crippen molar-refractivity contribution in [3.05, 3.63) is 58.3 Å². The molecular weight excluding hydrogens is 331 g/mol. The van der Waals surface area contributed by atoms with Crippen molar-refractivity contribution in [1.82, 2.24) is 5.32 Å². The van der Waals surface area contributed by atoms with E-state index >= 15 is 0 Å². The van der Waals surface area contributed by atoms with Crippen molar-refractivity contribution in [2.75, 3.05) is 18.5 Å². The first-order valence-corrected chi connectivity index (χ1v) is 7.86. The summed E-state index contributed by atoms with van der Waals surface area (Å²) in [5.41, 5.74) is 3.29. The van der Waals surface area contributed by atoms with E-state index in [0.717, 1.165) is 22.4 Å². The van der Waals surface area contributed by atoms with Gasteiger partial charge in [-0.3, -0.25) is 0 Å². The van der Waals surface area contributed by atoms with Gasteiger partial charge in [-0.2, -0.15) is 0 Å². The van der Waals surface area contributed by atoms with E-state index < -0.39 is 0 Å². The summed E-state index contributed by atoms with van der Waals surface area (Å²) in [6.45, 7) is 5.03. The zero-order chi connectivity index (χ0) is 15.4. The van der Waals surface area contributed by atoms with Crippen molar-refractivity contribution in [2.45, 2.75) is 19.9 Å². The third-order valence-electron chi connectivity index (χ3n) is 3.65. The molecule has 0 radical (unpaired) electrons. The fraction of sp³-hybridized carbons (Fsp3) is 0.294. The van der Waals surface area contributed by atoms with Crippen LogP contribution in [0.3, 0.4) is 0 Å². The first-order valence-electron chi connectivity index (χ1n) is 7.06. The van der Waals surface area contributed by atoms with Gasteiger partial charge >= 0.3 is 0 Å². The summed E-state index contributed by atoms with van der Waals surface area (Å²) < 4.78 is 14.1. The van der Waals surface area contributed by atoms with Crippen LogP contribution in [0.1, 0.15) is 25.5 Å². The van der Waals surface area contributed by atoms with Gasteiger partial charge in [0, 0.05) is 28.4 Å². The molecule has 0 spiro atoms. The van der Waals surface area contributed by atoms with Crippen LogP contribution in [0.5, 0.6) is 0 Å². The number of halogens is 2. The van der Waals surface area contributed by atoms with Gasteiger partial charge < -0.3 is 10.2 Å². The molecule has 21 heavy (non-hydrogen) atoms. The number of benzene rings is 2. The molecule has 0 fully saturated rings. The number of hydrogen-bond donors (Lipinski definition) is 1. The second kappa shape index (κ2) is 7.05. The second-order valence-electron chi connectivity index (χ2n) is 4.94. The molecule has 0 saturated heterocycles. The van der Waals surface area contributed by atoms with Gasteiger partial charge in [0.1, 0.15) is 5.82 Å². The van der Waals surface area contributed by atoms with Crippen molar-refractivity contribution in [3.8, 4) is 0 Å². The Morgan fingerprint density at radius 2 is 1.76 bits per heavy atom. The van der Waals surface area contributed by atoms with Crippen molar-refractivity contribution in [3.63, 3.8) is 0 Å². The molecule has 1 unspecified atom stereocenters. The summed E-state index contributed by atoms with van der Waals surface area (Å²) in [6, 6.07) is 13.2. The topological polar surface area (TPSA) is 15.3 Å². The largest absolute Gasteiger partial charge is 0.342 e. The zero-order valence-corrected chi connectivity index (χ0v) is 14.1. The number of hydrogen-bond acceptors (Lipinski definition) is 2. The lowest BCUT2D eigenvalue weighted by Gasteiger charge is -2.24. The van der Waals surface area contributed by atoms with E-state index in [1.54, 1.807) is 12.1 Å². The van der Waals surface area contributed by atoms with Gasteiger partial charge in [0.2, 0.25) is 0 Å². The molecule has 2 rings (SSSR count). The third kappa shape index (κ3) is 3.63. The number of rotatable bonds is 5. The minimum atomic E-state index is -0.214. The van der Waals surface area contributed by atoms with E-state index in [1.807, 2.05) is 7.05 Å². The number of anilines is 2. The Labute approximate surface area is 134 Å². The van der Waals surface area contributed by atoms with Crippen LogP contribution in [0, 0.1) is 5.82 Å². The molecule has 2 nitrogen and oxygen atoms in total. The first kappa shape index (κ1) is 16.0. The summed E-state index contributed by atoms with van der Waals surface area (Å²) in [6.07, 6.45) is 0. The Bertz CT molecular complexity index is 598. The Kier molecular flexibility index (Phi) is 5.37. The van der Waals surface area contributed by atoms with Gasteiger partial charge in [-0.25, -0.2) is 4.39 Å². The van der Waals surface area contributed by atoms with Crippen LogP contribution < -0.4 is 10.2 Å². The minimum absolute atomic E-state index is 0.214. The monoisotopic (exact) mass is 350 g/mol. The zero-order valence-electron chi connectivity index (χ0n) is 12.5. The molecule has 1 N–H and O–H groups in total. The fourth-order valence-corrected chi connectivity index (χ4v) is 3.04. The van der Waals surface area contributed by atoms with Crippen molar-refractivity contribution >= 4 is 27.3 Å². The molecule has 2 aromatic rings. The maximum atomic E-state index is 13.1. The average molecular weight is 351 g/mol. The van der Waals surface area contributed by atoms with Gasteiger partial charge in [0.15, 0.2) is 0 Å². The number of nitrogens with one attached hydrogen (secondary N) is 1. The van der Waals surface area contributed by atoms with Crippen LogP contribution >= 0.6 is 15.9 Å². The summed E-state index contributed by atoms with van der Waals surface area (Å²) in [7, 11) is 1.95. The second-order valence-corrected chi connectivity index (χ2v) is 5.79. The smallest absolute Gasteiger partial charge is 0.123 e. The van der Waals surface area contributed by atoms with Crippen LogP contribution in [-0.2, 0) is 0 Å². The molecule has 1 atom stereocenters. The van der Waals surface area contributed by atoms with Gasteiger partial charge in [0.05, 0.1) is 0 Å². The van der Waals surface area contributed by atoms with Crippen LogP contribution in [0.4, 0.5) is 15.8 Å². The van der Waals surface area contributed by atoms with E-state index in [1.165, 1.54) is 17.7 Å². The van der Waals surface area contributed by atoms with Gasteiger partial charge in [-0.1, -0.05) is 22.0 Å². The van der Waals surface area contributed by atoms with E-state index in [-0.39, 0.29) is 11.9 Å². The molecule has 0 aliphatic rings. The molecule has 0 saturated carbocycles. The lowest BCUT2D eigenvalue weighted by molar-refractivity contribution is 0.628. The quantitative estimate of drug-likeness (QED) is 0.813. The van der Waals surface area contributed by atoms with Crippen molar-refractivity contribution in [2.24, 2.45) is 0 Å². The highest BCUT2D eigenvalue weighted by Gasteiger charge is 2.12. The maximum absolute atomic E-state index is 13.1. The standard InChI is InChI=1S/C17H20BrFN2/c1-4-21(14-7-5-13(19)6-8-14)15-9-10-16(12(2)20-3)17(18)11-15/h5-12,20H,4H2,1-3H3. The summed E-state index contributed by atoms with van der Waals surface area (Å²) >= 11 is 3.64. The van der Waals surface area contributed by atoms with E-state index in [4.69, 9.17) is 0 Å². The molecule has 0 aliphatic heterocycles. The first-order chi connectivity index (χ1) is 10.1. The molecule has 0 amide bonds. The molecule has 112 valence electrons. The van der Waals surface area contributed by atoms with Crippen LogP contribution in [-0.4, -0.2) is 13.6 Å². The Balaban J connectivity index is 2.35. The normalized spacial score (nSPS) is 12.2. The average Bonchev–Trinajstić information content (AvgIpc) is 2.49. The van der Waals surface area contributed by atoms with Crippen LogP contribution in [0.25, 0.3) is 0 Å². The number of nitrogens with zero attached hydrogens (tertiary/aromatic N) is 1. The molecule has 0 bridgehead atoms. The highest BCUT2D eigenvalue weighted by atomic mass is 79.9. The SMILES string of the molecule is CCN(c1ccc(F)cc1)c1ccc(C(C)NC)c(Br)c1. The van der Waals surface area contributed by atoms with Crippen molar-refractivity contribution < 1.29 is 4.39 Å². The third-order valence-corrected chi connectivity index (χ3v) is 4.34. The highest BCUT2D eigenvalue weighted by Crippen LogP contribution is 2.31. The Morgan fingerprint density at radius 3 is 2.29 bits per heavy atom. The maximum Gasteiger partial charge on any atom is 0.123 e. The summed E-state index contributed by atoms with van der Waals surface area (Å²) in [4.78, 5) is 2.15. The van der Waals surface area contributed by atoms with E-state index in [9.17, 15) is 4.39 Å². The van der Waals surface area contributed by atoms with Gasteiger partial charge in [-0.15, -0.1) is 0 Å². The van der Waals surface area contributed by atoms with Crippen LogP contribution in [0.2, 0.25) is 0 Å². The van der Waals surface area contributed by atoms with Crippen molar-refractivity contribution in [1.29, 1.82) is 0 Å². The Hall–Kier alpha value is -1.39. The molecule has 0 aromatic heterocycles. The highest BCUT2D eigenvalue weighted by molar-refractivity contribution is 9.10. The lowest BCUT2D eigenvalue weighted by atomic mass is 10.1. The molecule has 0 heterocycles. The lowest BCUT2D eigenvalue weighted by Crippen LogP contribution is -2.17. The van der Waals surface area contributed by atoms with Crippen LogP contribution in [0.15, 0.2) is 46.9 Å². The van der Waals surface area contributed by atoms with E-state index in [0.29, 0.717) is 0 Å². The van der Waals surface area contributed by atoms with E-state index in [2.05, 4.69) is 58.2 Å². The predicted octanol–water partition coefficient (Wildman–Crippen LogP) is 5.03. The summed E-state index contributed by atoms with van der Waals surface area (Å²) in [5, 5.41) is 3.24. The predicted molar refractivity (Wildman–Crippen MR) is 90.7 cm³/mol. The molecule has 4 heteroatoms. The molecular formula is C17H20BrFN2. The van der Waals surface area contributed by atoms with Gasteiger partial charge in [-0.05, 0) is 62.9 Å². The minimum Gasteiger partial charge on any atom is -0.342 e. The van der Waals surface area contributed by atoms with Gasteiger partial charge in [0.25, 0.3) is 0 Å². The fourth-order valence-electron chi connectivity index (χ4n) is 2.33.